The van der Waals surface area contributed by atoms with E-state index < -0.39 is 0 Å². The third-order valence-electron chi connectivity index (χ3n) is 2.72. The van der Waals surface area contributed by atoms with Gasteiger partial charge >= 0.3 is 0 Å². The van der Waals surface area contributed by atoms with E-state index in [0.717, 1.165) is 0 Å². The Kier molecular flexibility index (Phi) is 1.16. The van der Waals surface area contributed by atoms with Crippen molar-refractivity contribution >= 4 is 0 Å². The highest BCUT2D eigenvalue weighted by molar-refractivity contribution is 5.31. The first-order chi connectivity index (χ1) is 5.45. The van der Waals surface area contributed by atoms with Crippen molar-refractivity contribution in [2.45, 2.75) is 25.0 Å². The van der Waals surface area contributed by atoms with Crippen LogP contribution < -0.4 is 0 Å². The molecule has 3 nitrogen and oxygen atoms in total. The minimum atomic E-state index is 0.360. The Morgan fingerprint density at radius 1 is 0.909 bits per heavy atom. The summed E-state index contributed by atoms with van der Waals surface area (Å²) < 4.78 is 5.69. The number of ether oxygens (including phenoxy) is 1. The smallest absolute Gasteiger partial charge is 0.106 e. The molecule has 0 aliphatic carbocycles. The van der Waals surface area contributed by atoms with E-state index in [1.54, 1.807) is 0 Å². The van der Waals surface area contributed by atoms with Crippen molar-refractivity contribution < 1.29 is 14.5 Å². The molecule has 2 bridgehead atoms. The lowest BCUT2D eigenvalue weighted by molar-refractivity contribution is -0.289. The van der Waals surface area contributed by atoms with Crippen molar-refractivity contribution in [1.82, 2.24) is 0 Å². The zero-order valence-electron chi connectivity index (χ0n) is 6.21. The molecule has 0 aromatic carbocycles. The van der Waals surface area contributed by atoms with Crippen molar-refractivity contribution in [3.05, 3.63) is 11.1 Å². The van der Waals surface area contributed by atoms with Gasteiger partial charge in [-0.05, 0) is 24.0 Å². The molecule has 0 saturated carbocycles. The molecule has 60 valence electrons. The van der Waals surface area contributed by atoms with E-state index in [1.165, 1.54) is 24.0 Å². The van der Waals surface area contributed by atoms with E-state index in [-0.39, 0.29) is 0 Å². The van der Waals surface area contributed by atoms with E-state index >= 15 is 0 Å². The topological polar surface area (TPSA) is 27.7 Å². The molecule has 3 heterocycles. The molecule has 11 heavy (non-hydrogen) atoms. The molecular formula is C8H10O3. The van der Waals surface area contributed by atoms with E-state index in [9.17, 15) is 0 Å². The van der Waals surface area contributed by atoms with Gasteiger partial charge in [0, 0.05) is 0 Å². The average Bonchev–Trinajstić information content (AvgIpc) is 2.64. The van der Waals surface area contributed by atoms with Gasteiger partial charge in [-0.15, -0.1) is 0 Å². The highest BCUT2D eigenvalue weighted by Gasteiger charge is 2.41. The summed E-state index contributed by atoms with van der Waals surface area (Å²) in [6, 6.07) is 0. The second-order valence-corrected chi connectivity index (χ2v) is 3.27. The maximum atomic E-state index is 5.69. The number of rotatable bonds is 0. The summed E-state index contributed by atoms with van der Waals surface area (Å²) in [5.41, 5.74) is 2.71. The van der Waals surface area contributed by atoms with Gasteiger partial charge in [-0.2, -0.15) is 0 Å². The van der Waals surface area contributed by atoms with Crippen LogP contribution in [0.3, 0.4) is 0 Å². The van der Waals surface area contributed by atoms with E-state index in [0.29, 0.717) is 25.4 Å². The number of hydrogen-bond acceptors (Lipinski definition) is 3. The van der Waals surface area contributed by atoms with Gasteiger partial charge in [-0.3, -0.25) is 0 Å². The average molecular weight is 154 g/mol. The molecule has 1 saturated heterocycles. The highest BCUT2D eigenvalue weighted by Crippen LogP contribution is 2.40. The fourth-order valence-corrected chi connectivity index (χ4v) is 2.14. The fourth-order valence-electron chi connectivity index (χ4n) is 2.14. The van der Waals surface area contributed by atoms with Crippen LogP contribution in [-0.2, 0) is 14.5 Å². The quantitative estimate of drug-likeness (QED) is 0.381. The Morgan fingerprint density at radius 2 is 1.45 bits per heavy atom. The third kappa shape index (κ3) is 0.732. The van der Waals surface area contributed by atoms with Gasteiger partial charge < -0.3 is 4.74 Å². The van der Waals surface area contributed by atoms with Gasteiger partial charge in [0.25, 0.3) is 0 Å². The highest BCUT2D eigenvalue weighted by atomic mass is 17.2. The van der Waals surface area contributed by atoms with Crippen LogP contribution in [0.15, 0.2) is 11.1 Å². The molecule has 1 fully saturated rings. The number of fused-ring (bicyclic) bond motifs is 4. The molecule has 3 rings (SSSR count). The predicted octanol–water partition coefficient (Wildman–Crippen LogP) is 0.806. The van der Waals surface area contributed by atoms with Crippen molar-refractivity contribution in [2.75, 3.05) is 13.2 Å². The first kappa shape index (κ1) is 6.17. The molecule has 2 unspecified atom stereocenters. The summed E-state index contributed by atoms with van der Waals surface area (Å²) in [5, 5.41) is 0. The third-order valence-corrected chi connectivity index (χ3v) is 2.72. The van der Waals surface area contributed by atoms with Crippen LogP contribution in [0.2, 0.25) is 0 Å². The molecular weight excluding hydrogens is 144 g/mol. The Labute approximate surface area is 64.9 Å². The van der Waals surface area contributed by atoms with Crippen molar-refractivity contribution in [3.63, 3.8) is 0 Å². The van der Waals surface area contributed by atoms with Crippen LogP contribution in [-0.4, -0.2) is 25.4 Å². The lowest BCUT2D eigenvalue weighted by atomic mass is 9.92. The lowest BCUT2D eigenvalue weighted by Gasteiger charge is -2.20. The van der Waals surface area contributed by atoms with Crippen LogP contribution >= 0.6 is 0 Å². The molecule has 3 heteroatoms. The first-order valence-electron chi connectivity index (χ1n) is 4.07. The summed E-state index contributed by atoms with van der Waals surface area (Å²) in [6.45, 7) is 1.24. The molecule has 0 N–H and O–H groups in total. The molecule has 0 aromatic heterocycles. The fraction of sp³-hybridized carbons (Fsp3) is 0.750. The van der Waals surface area contributed by atoms with Gasteiger partial charge in [0.2, 0.25) is 0 Å². The van der Waals surface area contributed by atoms with Crippen LogP contribution in [0.5, 0.6) is 0 Å². The van der Waals surface area contributed by atoms with Crippen molar-refractivity contribution in [3.8, 4) is 0 Å². The second-order valence-electron chi connectivity index (χ2n) is 3.27. The minimum Gasteiger partial charge on any atom is -0.366 e. The Hall–Kier alpha value is -0.380. The summed E-state index contributed by atoms with van der Waals surface area (Å²) in [7, 11) is 0. The SMILES string of the molecule is C1OOCC2=C1C1CCC2O1. The van der Waals surface area contributed by atoms with Gasteiger partial charge in [0.1, 0.15) is 13.2 Å². The predicted molar refractivity (Wildman–Crippen MR) is 36.8 cm³/mol. The largest absolute Gasteiger partial charge is 0.366 e. The summed E-state index contributed by atoms with van der Waals surface area (Å²) in [6.07, 6.45) is 3.07. The summed E-state index contributed by atoms with van der Waals surface area (Å²) >= 11 is 0. The van der Waals surface area contributed by atoms with Gasteiger partial charge in [-0.25, -0.2) is 9.78 Å². The van der Waals surface area contributed by atoms with Gasteiger partial charge in [0.05, 0.1) is 12.2 Å². The molecule has 0 spiro atoms. The Balaban J connectivity index is 2.00. The van der Waals surface area contributed by atoms with E-state index in [1.807, 2.05) is 0 Å². The standard InChI is InChI=1S/C8H10O3/c1-2-8-6-4-10-9-3-5(6)7(1)11-8/h7-8H,1-4H2. The summed E-state index contributed by atoms with van der Waals surface area (Å²) in [5.74, 6) is 0. The van der Waals surface area contributed by atoms with Gasteiger partial charge in [-0.1, -0.05) is 0 Å². The van der Waals surface area contributed by atoms with Gasteiger partial charge in [0.15, 0.2) is 0 Å². The molecule has 2 atom stereocenters. The van der Waals surface area contributed by atoms with Crippen LogP contribution in [0, 0.1) is 0 Å². The van der Waals surface area contributed by atoms with E-state index in [2.05, 4.69) is 0 Å². The minimum absolute atomic E-state index is 0.360. The van der Waals surface area contributed by atoms with Crippen LogP contribution in [0.25, 0.3) is 0 Å². The maximum absolute atomic E-state index is 5.69. The number of hydrogen-bond donors (Lipinski definition) is 0. The van der Waals surface area contributed by atoms with E-state index in [4.69, 9.17) is 14.5 Å². The molecule has 0 radical (unpaired) electrons. The zero-order valence-corrected chi connectivity index (χ0v) is 6.21. The van der Waals surface area contributed by atoms with Crippen LogP contribution in [0.1, 0.15) is 12.8 Å². The first-order valence-corrected chi connectivity index (χ1v) is 4.07. The molecule has 3 aliphatic heterocycles. The Morgan fingerprint density at radius 3 is 2.00 bits per heavy atom. The van der Waals surface area contributed by atoms with Crippen LogP contribution in [0.4, 0.5) is 0 Å². The zero-order chi connectivity index (χ0) is 7.26. The second kappa shape index (κ2) is 2.06. The van der Waals surface area contributed by atoms with Crippen molar-refractivity contribution in [1.29, 1.82) is 0 Å². The lowest BCUT2D eigenvalue weighted by Crippen LogP contribution is -2.21. The Bertz CT molecular complexity index is 199. The molecule has 3 aliphatic rings. The molecule has 0 aromatic rings. The normalized spacial score (nSPS) is 41.5. The van der Waals surface area contributed by atoms with Crippen molar-refractivity contribution in [2.24, 2.45) is 0 Å². The molecule has 0 amide bonds. The maximum Gasteiger partial charge on any atom is 0.106 e. The summed E-state index contributed by atoms with van der Waals surface area (Å²) in [4.78, 5) is 9.80. The monoisotopic (exact) mass is 154 g/mol.